The molecule has 112 valence electrons. The maximum Gasteiger partial charge on any atom is 0.322 e. The van der Waals surface area contributed by atoms with Crippen molar-refractivity contribution in [1.82, 2.24) is 15.3 Å². The van der Waals surface area contributed by atoms with Crippen molar-refractivity contribution in [2.24, 2.45) is 0 Å². The van der Waals surface area contributed by atoms with E-state index in [0.717, 1.165) is 30.8 Å². The summed E-state index contributed by atoms with van der Waals surface area (Å²) in [5.74, 6) is 0.445. The molecule has 2 rings (SSSR count). The third kappa shape index (κ3) is 4.30. The fourth-order valence-electron chi connectivity index (χ4n) is 1.75. The van der Waals surface area contributed by atoms with Gasteiger partial charge in [0.05, 0.1) is 5.02 Å². The first-order valence-electron chi connectivity index (χ1n) is 6.77. The van der Waals surface area contributed by atoms with Gasteiger partial charge in [0.2, 0.25) is 0 Å². The van der Waals surface area contributed by atoms with Crippen molar-refractivity contribution in [3.8, 4) is 11.8 Å². The highest BCUT2D eigenvalue weighted by Crippen LogP contribution is 2.33. The van der Waals surface area contributed by atoms with Gasteiger partial charge in [-0.2, -0.15) is 4.98 Å². The van der Waals surface area contributed by atoms with Crippen LogP contribution >= 0.6 is 23.2 Å². The van der Waals surface area contributed by atoms with Crippen molar-refractivity contribution >= 4 is 23.2 Å². The molecule has 0 spiro atoms. The van der Waals surface area contributed by atoms with E-state index in [-0.39, 0.29) is 6.01 Å². The van der Waals surface area contributed by atoms with Gasteiger partial charge in [0.25, 0.3) is 0 Å². The van der Waals surface area contributed by atoms with E-state index in [9.17, 15) is 0 Å². The molecular weight excluding hydrogens is 309 g/mol. The Labute approximate surface area is 134 Å². The predicted octanol–water partition coefficient (Wildman–Crippen LogP) is 4.38. The molecule has 0 aliphatic carbocycles. The number of aromatic nitrogens is 2. The molecule has 1 aromatic carbocycles. The van der Waals surface area contributed by atoms with E-state index in [1.807, 2.05) is 6.92 Å². The molecule has 0 unspecified atom stereocenters. The zero-order valence-electron chi connectivity index (χ0n) is 12.0. The molecule has 6 heteroatoms. The van der Waals surface area contributed by atoms with E-state index in [2.05, 4.69) is 22.2 Å². The zero-order valence-corrected chi connectivity index (χ0v) is 13.5. The van der Waals surface area contributed by atoms with Crippen LogP contribution in [0.5, 0.6) is 11.8 Å². The molecule has 0 aliphatic rings. The van der Waals surface area contributed by atoms with Gasteiger partial charge in [-0.1, -0.05) is 36.2 Å². The molecule has 0 saturated heterocycles. The number of halogens is 2. The third-order valence-electron chi connectivity index (χ3n) is 2.92. The van der Waals surface area contributed by atoms with Crippen molar-refractivity contribution in [2.45, 2.75) is 26.8 Å². The fraction of sp³-hybridized carbons (Fsp3) is 0.333. The molecule has 21 heavy (non-hydrogen) atoms. The van der Waals surface area contributed by atoms with Crippen LogP contribution in [0.3, 0.4) is 0 Å². The summed E-state index contributed by atoms with van der Waals surface area (Å²) in [5, 5.41) is 4.11. The summed E-state index contributed by atoms with van der Waals surface area (Å²) in [4.78, 5) is 8.55. The quantitative estimate of drug-likeness (QED) is 0.800. The van der Waals surface area contributed by atoms with E-state index in [0.29, 0.717) is 15.8 Å². The highest BCUT2D eigenvalue weighted by molar-refractivity contribution is 6.42. The van der Waals surface area contributed by atoms with Crippen molar-refractivity contribution < 1.29 is 4.74 Å². The van der Waals surface area contributed by atoms with Crippen LogP contribution in [0, 0.1) is 6.92 Å². The second-order valence-electron chi connectivity index (χ2n) is 4.59. The number of ether oxygens (including phenoxy) is 1. The summed E-state index contributed by atoms with van der Waals surface area (Å²) in [5.41, 5.74) is 1.93. The summed E-state index contributed by atoms with van der Waals surface area (Å²) in [7, 11) is 0. The SMILES string of the molecule is CCCNCc1cnc(Oc2cccc(Cl)c2Cl)nc1C. The van der Waals surface area contributed by atoms with Crippen LogP contribution in [0.1, 0.15) is 24.6 Å². The van der Waals surface area contributed by atoms with Gasteiger partial charge < -0.3 is 10.1 Å². The van der Waals surface area contributed by atoms with E-state index < -0.39 is 0 Å². The minimum atomic E-state index is 0.260. The first kappa shape index (κ1) is 16.0. The molecule has 0 bridgehead atoms. The van der Waals surface area contributed by atoms with Crippen LogP contribution in [0.15, 0.2) is 24.4 Å². The number of rotatable bonds is 6. The minimum Gasteiger partial charge on any atom is -0.423 e. The van der Waals surface area contributed by atoms with Gasteiger partial charge in [-0.25, -0.2) is 4.98 Å². The van der Waals surface area contributed by atoms with Gasteiger partial charge in [-0.3, -0.25) is 0 Å². The number of hydrogen-bond acceptors (Lipinski definition) is 4. The third-order valence-corrected chi connectivity index (χ3v) is 3.72. The molecular formula is C15H17Cl2N3O. The summed E-state index contributed by atoms with van der Waals surface area (Å²) in [6, 6.07) is 5.45. The number of nitrogens with one attached hydrogen (secondary N) is 1. The lowest BCUT2D eigenvalue weighted by Crippen LogP contribution is -2.15. The molecule has 4 nitrogen and oxygen atoms in total. The van der Waals surface area contributed by atoms with Crippen molar-refractivity contribution in [3.05, 3.63) is 45.7 Å². The standard InChI is InChI=1S/C15H17Cl2N3O/c1-3-7-18-8-11-9-19-15(20-10(11)2)21-13-6-4-5-12(16)14(13)17/h4-6,9,18H,3,7-8H2,1-2H3. The van der Waals surface area contributed by atoms with Crippen LogP contribution in [0.25, 0.3) is 0 Å². The number of aryl methyl sites for hydroxylation is 1. The topological polar surface area (TPSA) is 47.0 Å². The van der Waals surface area contributed by atoms with E-state index in [1.54, 1.807) is 24.4 Å². The fourth-order valence-corrected chi connectivity index (χ4v) is 2.08. The predicted molar refractivity (Wildman–Crippen MR) is 85.3 cm³/mol. The van der Waals surface area contributed by atoms with Gasteiger partial charge in [-0.15, -0.1) is 0 Å². The second-order valence-corrected chi connectivity index (χ2v) is 5.38. The Morgan fingerprint density at radius 2 is 2.10 bits per heavy atom. The molecule has 1 N–H and O–H groups in total. The molecule has 1 aromatic heterocycles. The van der Waals surface area contributed by atoms with Crippen molar-refractivity contribution in [1.29, 1.82) is 0 Å². The molecule has 0 atom stereocenters. The lowest BCUT2D eigenvalue weighted by Gasteiger charge is -2.09. The first-order valence-corrected chi connectivity index (χ1v) is 7.52. The molecule has 0 aliphatic heterocycles. The van der Waals surface area contributed by atoms with Gasteiger partial charge in [-0.05, 0) is 32.0 Å². The van der Waals surface area contributed by atoms with Crippen LogP contribution in [0.2, 0.25) is 10.0 Å². The summed E-state index contributed by atoms with van der Waals surface area (Å²) in [6.07, 6.45) is 2.85. The first-order chi connectivity index (χ1) is 10.1. The van der Waals surface area contributed by atoms with E-state index in [4.69, 9.17) is 27.9 Å². The lowest BCUT2D eigenvalue weighted by atomic mass is 10.2. The van der Waals surface area contributed by atoms with Gasteiger partial charge in [0, 0.05) is 24.0 Å². The highest BCUT2D eigenvalue weighted by Gasteiger charge is 2.09. The van der Waals surface area contributed by atoms with Crippen LogP contribution in [-0.4, -0.2) is 16.5 Å². The molecule has 0 radical (unpaired) electrons. The maximum absolute atomic E-state index is 6.08. The smallest absolute Gasteiger partial charge is 0.322 e. The van der Waals surface area contributed by atoms with E-state index >= 15 is 0 Å². The number of nitrogens with zero attached hydrogens (tertiary/aromatic N) is 2. The monoisotopic (exact) mass is 325 g/mol. The van der Waals surface area contributed by atoms with Crippen LogP contribution in [-0.2, 0) is 6.54 Å². The lowest BCUT2D eigenvalue weighted by molar-refractivity contribution is 0.439. The Hall–Kier alpha value is -1.36. The average molecular weight is 326 g/mol. The number of benzene rings is 1. The molecule has 0 fully saturated rings. The van der Waals surface area contributed by atoms with Gasteiger partial charge in [0.1, 0.15) is 5.02 Å². The van der Waals surface area contributed by atoms with Crippen LogP contribution in [0.4, 0.5) is 0 Å². The summed E-state index contributed by atoms with van der Waals surface area (Å²) < 4.78 is 5.59. The zero-order chi connectivity index (χ0) is 15.2. The molecule has 2 aromatic rings. The Balaban J connectivity index is 2.11. The Kier molecular flexibility index (Phi) is 5.79. The van der Waals surface area contributed by atoms with Crippen LogP contribution < -0.4 is 10.1 Å². The van der Waals surface area contributed by atoms with E-state index in [1.165, 1.54) is 0 Å². The summed E-state index contributed by atoms with van der Waals surface area (Å²) >= 11 is 12.0. The Bertz CT molecular complexity index is 620. The largest absolute Gasteiger partial charge is 0.423 e. The minimum absolute atomic E-state index is 0.260. The van der Waals surface area contributed by atoms with Crippen molar-refractivity contribution in [3.63, 3.8) is 0 Å². The number of hydrogen-bond donors (Lipinski definition) is 1. The Morgan fingerprint density at radius 3 is 2.81 bits per heavy atom. The highest BCUT2D eigenvalue weighted by atomic mass is 35.5. The van der Waals surface area contributed by atoms with Crippen molar-refractivity contribution in [2.75, 3.05) is 6.54 Å². The molecule has 1 heterocycles. The summed E-state index contributed by atoms with van der Waals surface area (Å²) in [6.45, 7) is 5.77. The molecule has 0 amide bonds. The maximum atomic E-state index is 6.08. The van der Waals surface area contributed by atoms with Gasteiger partial charge in [0.15, 0.2) is 5.75 Å². The average Bonchev–Trinajstić information content (AvgIpc) is 2.46. The molecule has 0 saturated carbocycles. The second kappa shape index (κ2) is 7.59. The van der Waals surface area contributed by atoms with Gasteiger partial charge >= 0.3 is 6.01 Å². The normalized spacial score (nSPS) is 10.7. The Morgan fingerprint density at radius 1 is 1.29 bits per heavy atom.